The molecule has 0 aromatic carbocycles. The van der Waals surface area contributed by atoms with E-state index >= 15 is 0 Å². The Balaban J connectivity index is 1.99. The third-order valence-corrected chi connectivity index (χ3v) is 5.07. The number of ether oxygens (including phenoxy) is 1. The Morgan fingerprint density at radius 3 is 2.65 bits per heavy atom. The summed E-state index contributed by atoms with van der Waals surface area (Å²) >= 11 is 0. The van der Waals surface area contributed by atoms with Crippen LogP contribution in [0, 0.1) is 13.8 Å². The Hall–Kier alpha value is -2.04. The summed E-state index contributed by atoms with van der Waals surface area (Å²) in [6.45, 7) is 8.38. The number of hydrogen-bond acceptors (Lipinski definition) is 3. The van der Waals surface area contributed by atoms with Crippen molar-refractivity contribution in [2.75, 3.05) is 6.54 Å². The number of hydrogen-bond donors (Lipinski definition) is 1. The number of nitrogens with one attached hydrogen (secondary N) is 1. The molecule has 1 aliphatic carbocycles. The smallest absolute Gasteiger partial charge is 0.331 e. The Labute approximate surface area is 156 Å². The molecule has 144 valence electrons. The Morgan fingerprint density at radius 1 is 1.31 bits per heavy atom. The van der Waals surface area contributed by atoms with Gasteiger partial charge in [0.25, 0.3) is 5.91 Å². The molecule has 0 aliphatic heterocycles. The molecule has 1 fully saturated rings. The number of amides is 1. The van der Waals surface area contributed by atoms with Gasteiger partial charge in [-0.2, -0.15) is 0 Å². The van der Waals surface area contributed by atoms with Gasteiger partial charge in [-0.15, -0.1) is 0 Å². The quantitative estimate of drug-likeness (QED) is 0.589. The van der Waals surface area contributed by atoms with E-state index in [0.717, 1.165) is 12.0 Å². The minimum absolute atomic E-state index is 0.260. The molecule has 1 amide bonds. The summed E-state index contributed by atoms with van der Waals surface area (Å²) in [6, 6.07) is 2.69. The highest BCUT2D eigenvalue weighted by Crippen LogP contribution is 2.32. The number of rotatable bonds is 7. The summed E-state index contributed by atoms with van der Waals surface area (Å²) < 4.78 is 7.59. The molecule has 0 saturated heterocycles. The molecule has 5 nitrogen and oxygen atoms in total. The van der Waals surface area contributed by atoms with Gasteiger partial charge in [0.15, 0.2) is 6.10 Å². The van der Waals surface area contributed by atoms with Crippen molar-refractivity contribution in [3.05, 3.63) is 29.1 Å². The first kappa shape index (κ1) is 20.3. The van der Waals surface area contributed by atoms with Crippen molar-refractivity contribution in [2.45, 2.75) is 78.4 Å². The highest BCUT2D eigenvalue weighted by Gasteiger charge is 2.20. The van der Waals surface area contributed by atoms with E-state index in [4.69, 9.17) is 4.74 Å². The van der Waals surface area contributed by atoms with Gasteiger partial charge in [-0.1, -0.05) is 26.2 Å². The Kier molecular flexibility index (Phi) is 7.49. The maximum Gasteiger partial charge on any atom is 0.331 e. The summed E-state index contributed by atoms with van der Waals surface area (Å²) in [7, 11) is 0. The molecule has 0 unspecified atom stereocenters. The van der Waals surface area contributed by atoms with Crippen LogP contribution in [0.2, 0.25) is 0 Å². The number of esters is 1. The third-order valence-electron chi connectivity index (χ3n) is 5.07. The van der Waals surface area contributed by atoms with Crippen LogP contribution in [0.4, 0.5) is 0 Å². The van der Waals surface area contributed by atoms with Gasteiger partial charge in [0.2, 0.25) is 0 Å². The largest absolute Gasteiger partial charge is 0.449 e. The molecule has 1 atom stereocenters. The zero-order valence-corrected chi connectivity index (χ0v) is 16.5. The first-order chi connectivity index (χ1) is 12.4. The first-order valence-electron chi connectivity index (χ1n) is 9.78. The molecular formula is C21H32N2O3. The average molecular weight is 360 g/mol. The Bertz CT molecular complexity index is 654. The number of carbonyl (C=O) groups is 2. The molecule has 0 radical (unpaired) electrons. The van der Waals surface area contributed by atoms with Gasteiger partial charge in [-0.25, -0.2) is 4.79 Å². The van der Waals surface area contributed by atoms with E-state index in [2.05, 4.69) is 29.8 Å². The van der Waals surface area contributed by atoms with Gasteiger partial charge in [-0.05, 0) is 57.7 Å². The van der Waals surface area contributed by atoms with Crippen LogP contribution in [0.5, 0.6) is 0 Å². The van der Waals surface area contributed by atoms with E-state index in [-0.39, 0.29) is 5.91 Å². The lowest BCUT2D eigenvalue weighted by Gasteiger charge is -2.26. The maximum absolute atomic E-state index is 12.0. The average Bonchev–Trinajstić information content (AvgIpc) is 2.92. The van der Waals surface area contributed by atoms with E-state index < -0.39 is 12.1 Å². The number of aryl methyl sites for hydroxylation is 1. The van der Waals surface area contributed by atoms with E-state index in [9.17, 15) is 9.59 Å². The topological polar surface area (TPSA) is 60.3 Å². The molecule has 2 rings (SSSR count). The predicted molar refractivity (Wildman–Crippen MR) is 104 cm³/mol. The zero-order valence-electron chi connectivity index (χ0n) is 16.5. The van der Waals surface area contributed by atoms with Gasteiger partial charge in [0, 0.05) is 30.1 Å². The molecule has 1 aromatic heterocycles. The van der Waals surface area contributed by atoms with Gasteiger partial charge >= 0.3 is 5.97 Å². The lowest BCUT2D eigenvalue weighted by molar-refractivity contribution is -0.150. The predicted octanol–water partition coefficient (Wildman–Crippen LogP) is 4.08. The second-order valence-electron chi connectivity index (χ2n) is 7.19. The van der Waals surface area contributed by atoms with Crippen LogP contribution >= 0.6 is 0 Å². The van der Waals surface area contributed by atoms with Gasteiger partial charge in [0.1, 0.15) is 0 Å². The standard InChI is InChI=1S/C21H32N2O3/c1-5-13-22-21(25)17(4)26-20(24)12-11-18-14-15(2)23(16(18)3)19-9-7-6-8-10-19/h11-12,14,17,19H,5-10,13H2,1-4H3,(H,22,25)/b12-11+/t17-/m0/s1. The highest BCUT2D eigenvalue weighted by atomic mass is 16.5. The van der Waals surface area contributed by atoms with Gasteiger partial charge < -0.3 is 14.6 Å². The normalized spacial score (nSPS) is 16.6. The number of nitrogens with zero attached hydrogens (tertiary/aromatic N) is 1. The fourth-order valence-electron chi connectivity index (χ4n) is 3.69. The first-order valence-corrected chi connectivity index (χ1v) is 9.78. The van der Waals surface area contributed by atoms with Crippen molar-refractivity contribution in [2.24, 2.45) is 0 Å². The lowest BCUT2D eigenvalue weighted by Crippen LogP contribution is -2.35. The van der Waals surface area contributed by atoms with Crippen LogP contribution < -0.4 is 5.32 Å². The van der Waals surface area contributed by atoms with E-state index in [1.165, 1.54) is 49.6 Å². The monoisotopic (exact) mass is 360 g/mol. The van der Waals surface area contributed by atoms with Crippen LogP contribution in [-0.2, 0) is 14.3 Å². The fraction of sp³-hybridized carbons (Fsp3) is 0.619. The van der Waals surface area contributed by atoms with Crippen LogP contribution in [0.3, 0.4) is 0 Å². The summed E-state index contributed by atoms with van der Waals surface area (Å²) in [5.74, 6) is -0.754. The molecule has 26 heavy (non-hydrogen) atoms. The second-order valence-corrected chi connectivity index (χ2v) is 7.19. The molecular weight excluding hydrogens is 328 g/mol. The van der Waals surface area contributed by atoms with Gasteiger partial charge in [-0.3, -0.25) is 4.79 Å². The molecule has 1 N–H and O–H groups in total. The molecule has 1 aliphatic rings. The molecule has 1 aromatic rings. The highest BCUT2D eigenvalue weighted by molar-refractivity contribution is 5.90. The summed E-state index contributed by atoms with van der Waals surface area (Å²) in [5.41, 5.74) is 3.45. The van der Waals surface area contributed by atoms with Crippen LogP contribution in [0.15, 0.2) is 12.1 Å². The summed E-state index contributed by atoms with van der Waals surface area (Å²) in [6.07, 6.45) is 9.64. The van der Waals surface area contributed by atoms with Gasteiger partial charge in [0.05, 0.1) is 0 Å². The van der Waals surface area contributed by atoms with E-state index in [0.29, 0.717) is 12.6 Å². The summed E-state index contributed by atoms with van der Waals surface area (Å²) in [5, 5.41) is 2.72. The molecule has 5 heteroatoms. The van der Waals surface area contributed by atoms with Crippen molar-refractivity contribution in [1.29, 1.82) is 0 Å². The minimum Gasteiger partial charge on any atom is -0.449 e. The van der Waals surface area contributed by atoms with E-state index in [1.54, 1.807) is 13.0 Å². The fourth-order valence-corrected chi connectivity index (χ4v) is 3.69. The third kappa shape index (κ3) is 5.23. The van der Waals surface area contributed by atoms with Crippen molar-refractivity contribution in [1.82, 2.24) is 9.88 Å². The number of aromatic nitrogens is 1. The molecule has 1 saturated carbocycles. The second kappa shape index (κ2) is 9.60. The van der Waals surface area contributed by atoms with E-state index in [1.807, 2.05) is 6.92 Å². The molecule has 0 spiro atoms. The van der Waals surface area contributed by atoms with Crippen LogP contribution in [0.25, 0.3) is 6.08 Å². The number of carbonyl (C=O) groups excluding carboxylic acids is 2. The molecule has 1 heterocycles. The van der Waals surface area contributed by atoms with Crippen molar-refractivity contribution in [3.8, 4) is 0 Å². The Morgan fingerprint density at radius 2 is 2.00 bits per heavy atom. The summed E-state index contributed by atoms with van der Waals surface area (Å²) in [4.78, 5) is 23.8. The maximum atomic E-state index is 12.0. The zero-order chi connectivity index (χ0) is 19.1. The van der Waals surface area contributed by atoms with Crippen molar-refractivity contribution >= 4 is 18.0 Å². The molecule has 0 bridgehead atoms. The van der Waals surface area contributed by atoms with Crippen LogP contribution in [0.1, 0.15) is 75.4 Å². The van der Waals surface area contributed by atoms with Crippen LogP contribution in [-0.4, -0.2) is 29.1 Å². The minimum atomic E-state index is -0.784. The SMILES string of the molecule is CCCNC(=O)[C@H](C)OC(=O)/C=C/c1cc(C)n(C2CCCCC2)c1C. The van der Waals surface area contributed by atoms with Crippen molar-refractivity contribution in [3.63, 3.8) is 0 Å². The van der Waals surface area contributed by atoms with Crippen molar-refractivity contribution < 1.29 is 14.3 Å². The lowest BCUT2D eigenvalue weighted by atomic mass is 9.95.